The number of rotatable bonds is 4. The topological polar surface area (TPSA) is 29.9 Å². The Balaban J connectivity index is 1.38. The zero-order chi connectivity index (χ0) is 22.5. The highest BCUT2D eigenvalue weighted by Gasteiger charge is 2.17. The lowest BCUT2D eigenvalue weighted by atomic mass is 10.0. The van der Waals surface area contributed by atoms with E-state index in [-0.39, 0.29) is 0 Å². The Bertz CT molecular complexity index is 1750. The molecule has 0 amide bonds. The number of hydrogen-bond donors (Lipinski definition) is 1. The molecule has 0 bridgehead atoms. The van der Waals surface area contributed by atoms with Crippen LogP contribution in [0.1, 0.15) is 0 Å². The lowest BCUT2D eigenvalue weighted by Gasteiger charge is -2.11. The van der Waals surface area contributed by atoms with E-state index >= 15 is 0 Å². The van der Waals surface area contributed by atoms with Crippen LogP contribution in [0.25, 0.3) is 49.5 Å². The van der Waals surface area contributed by atoms with Crippen LogP contribution in [0.15, 0.2) is 121 Å². The van der Waals surface area contributed by atoms with Gasteiger partial charge in [-0.05, 0) is 65.4 Å². The van der Waals surface area contributed by atoms with E-state index in [0.717, 1.165) is 22.6 Å². The number of anilines is 2. The number of hydrogen-bond acceptors (Lipinski definition) is 2. The highest BCUT2D eigenvalue weighted by molar-refractivity contribution is 6.24. The summed E-state index contributed by atoms with van der Waals surface area (Å²) < 4.78 is 2.38. The number of nitrogens with one attached hydrogen (secondary N) is 1. The van der Waals surface area contributed by atoms with Crippen LogP contribution >= 0.6 is 0 Å². The smallest absolute Gasteiger partial charge is 0.0701 e. The summed E-state index contributed by atoms with van der Waals surface area (Å²) >= 11 is 0. The lowest BCUT2D eigenvalue weighted by Crippen LogP contribution is -1.95. The Kier molecular flexibility index (Phi) is 4.15. The molecule has 0 radical (unpaired) electrons. The van der Waals surface area contributed by atoms with Gasteiger partial charge in [-0.1, -0.05) is 60.7 Å². The fourth-order valence-electron chi connectivity index (χ4n) is 5.05. The molecule has 7 aromatic rings. The van der Waals surface area contributed by atoms with Gasteiger partial charge in [0.1, 0.15) is 0 Å². The van der Waals surface area contributed by atoms with Crippen molar-refractivity contribution in [3.05, 3.63) is 121 Å². The third-order valence-electron chi connectivity index (χ3n) is 6.55. The van der Waals surface area contributed by atoms with Crippen molar-refractivity contribution in [2.75, 3.05) is 5.32 Å². The lowest BCUT2D eigenvalue weighted by molar-refractivity contribution is 1.18. The zero-order valence-electron chi connectivity index (χ0n) is 18.4. The van der Waals surface area contributed by atoms with Crippen LogP contribution in [-0.4, -0.2) is 9.55 Å². The molecular formula is C31H21N3. The van der Waals surface area contributed by atoms with E-state index in [1.807, 2.05) is 24.4 Å². The van der Waals surface area contributed by atoms with E-state index in [0.29, 0.717) is 0 Å². The molecule has 7 rings (SSSR count). The third kappa shape index (κ3) is 2.95. The van der Waals surface area contributed by atoms with Crippen molar-refractivity contribution in [1.29, 1.82) is 0 Å². The molecule has 0 fully saturated rings. The Morgan fingerprint density at radius 1 is 0.559 bits per heavy atom. The first-order valence-corrected chi connectivity index (χ1v) is 11.5. The molecule has 160 valence electrons. The van der Waals surface area contributed by atoms with Crippen LogP contribution in [0, 0.1) is 0 Å². The molecule has 5 aromatic carbocycles. The highest BCUT2D eigenvalue weighted by atomic mass is 15.0. The van der Waals surface area contributed by atoms with Gasteiger partial charge in [-0.2, -0.15) is 0 Å². The summed E-state index contributed by atoms with van der Waals surface area (Å²) in [4.78, 5) is 4.45. The van der Waals surface area contributed by atoms with Gasteiger partial charge in [0.05, 0.1) is 16.7 Å². The Morgan fingerprint density at radius 2 is 1.35 bits per heavy atom. The molecule has 0 aliphatic carbocycles. The molecule has 0 aliphatic heterocycles. The quantitative estimate of drug-likeness (QED) is 0.283. The molecule has 2 heterocycles. The summed E-state index contributed by atoms with van der Waals surface area (Å²) in [5.74, 6) is 0. The molecule has 2 aromatic heterocycles. The second kappa shape index (κ2) is 7.46. The van der Waals surface area contributed by atoms with Crippen molar-refractivity contribution in [1.82, 2.24) is 9.55 Å². The third-order valence-corrected chi connectivity index (χ3v) is 6.55. The van der Waals surface area contributed by atoms with Gasteiger partial charge in [-0.3, -0.25) is 4.98 Å². The molecule has 3 heteroatoms. The average Bonchev–Trinajstić information content (AvgIpc) is 3.24. The van der Waals surface area contributed by atoms with Crippen molar-refractivity contribution in [2.45, 2.75) is 0 Å². The first-order chi connectivity index (χ1) is 16.8. The minimum atomic E-state index is 0.980. The molecular weight excluding hydrogens is 414 g/mol. The summed E-state index contributed by atoms with van der Waals surface area (Å²) in [7, 11) is 0. The standard InChI is InChI=1S/C31H21N3/c1-2-8-26(9-3-1)34-28-11-6-7-22-12-13-23-19-25(20-29(34)31(23)30(22)28)33-24-16-14-21(15-17-24)27-10-4-5-18-32-27/h1-20,33H. The molecule has 0 aliphatic rings. The number of pyridine rings is 1. The van der Waals surface area contributed by atoms with Gasteiger partial charge in [0.2, 0.25) is 0 Å². The second-order valence-electron chi connectivity index (χ2n) is 8.62. The second-order valence-corrected chi connectivity index (χ2v) is 8.62. The monoisotopic (exact) mass is 435 g/mol. The van der Waals surface area contributed by atoms with Gasteiger partial charge in [-0.25, -0.2) is 0 Å². The Hall–Kier alpha value is -4.63. The Labute approximate surface area is 197 Å². The molecule has 0 atom stereocenters. The van der Waals surface area contributed by atoms with Gasteiger partial charge in [-0.15, -0.1) is 0 Å². The van der Waals surface area contributed by atoms with Crippen molar-refractivity contribution in [2.24, 2.45) is 0 Å². The summed E-state index contributed by atoms with van der Waals surface area (Å²) in [6.45, 7) is 0. The van der Waals surface area contributed by atoms with E-state index in [2.05, 4.69) is 112 Å². The van der Waals surface area contributed by atoms with Gasteiger partial charge in [0, 0.05) is 39.6 Å². The molecule has 0 unspecified atom stereocenters. The number of para-hydroxylation sites is 1. The Morgan fingerprint density at radius 3 is 2.18 bits per heavy atom. The summed E-state index contributed by atoms with van der Waals surface area (Å²) in [5.41, 5.74) is 7.83. The van der Waals surface area contributed by atoms with Crippen LogP contribution < -0.4 is 5.32 Å². The minimum absolute atomic E-state index is 0.980. The van der Waals surface area contributed by atoms with Gasteiger partial charge in [0.15, 0.2) is 0 Å². The molecule has 0 saturated heterocycles. The van der Waals surface area contributed by atoms with Gasteiger partial charge in [0.25, 0.3) is 0 Å². The van der Waals surface area contributed by atoms with E-state index in [1.165, 1.54) is 38.3 Å². The van der Waals surface area contributed by atoms with Crippen LogP contribution in [0.2, 0.25) is 0 Å². The van der Waals surface area contributed by atoms with Gasteiger partial charge >= 0.3 is 0 Å². The van der Waals surface area contributed by atoms with Crippen molar-refractivity contribution < 1.29 is 0 Å². The van der Waals surface area contributed by atoms with Crippen molar-refractivity contribution >= 4 is 44.0 Å². The van der Waals surface area contributed by atoms with Crippen LogP contribution in [0.5, 0.6) is 0 Å². The van der Waals surface area contributed by atoms with Crippen molar-refractivity contribution in [3.63, 3.8) is 0 Å². The molecule has 3 nitrogen and oxygen atoms in total. The van der Waals surface area contributed by atoms with E-state index in [1.54, 1.807) is 0 Å². The van der Waals surface area contributed by atoms with Crippen LogP contribution in [-0.2, 0) is 0 Å². The first kappa shape index (κ1) is 18.9. The van der Waals surface area contributed by atoms with E-state index in [9.17, 15) is 0 Å². The maximum Gasteiger partial charge on any atom is 0.0701 e. The molecule has 1 N–H and O–H groups in total. The van der Waals surface area contributed by atoms with Crippen molar-refractivity contribution in [3.8, 4) is 16.9 Å². The largest absolute Gasteiger partial charge is 0.355 e. The predicted octanol–water partition coefficient (Wildman–Crippen LogP) is 8.18. The molecule has 34 heavy (non-hydrogen) atoms. The number of benzene rings is 5. The van der Waals surface area contributed by atoms with Gasteiger partial charge < -0.3 is 9.88 Å². The summed E-state index contributed by atoms with van der Waals surface area (Å²) in [6.07, 6.45) is 1.83. The number of nitrogens with zero attached hydrogens (tertiary/aromatic N) is 2. The van der Waals surface area contributed by atoms with E-state index in [4.69, 9.17) is 0 Å². The van der Waals surface area contributed by atoms with Crippen LogP contribution in [0.3, 0.4) is 0 Å². The molecule has 0 saturated carbocycles. The summed E-state index contributed by atoms with van der Waals surface area (Å²) in [6, 6.07) is 40.6. The SMILES string of the molecule is c1ccc(-n2c3cccc4ccc5cc(Nc6ccc(-c7ccccn7)cc6)cc2c5c43)cc1. The minimum Gasteiger partial charge on any atom is -0.355 e. The maximum absolute atomic E-state index is 4.45. The summed E-state index contributed by atoms with van der Waals surface area (Å²) in [5, 5.41) is 8.78. The number of aromatic nitrogens is 2. The van der Waals surface area contributed by atoms with E-state index < -0.39 is 0 Å². The normalized spacial score (nSPS) is 11.5. The average molecular weight is 436 g/mol. The first-order valence-electron chi connectivity index (χ1n) is 11.5. The zero-order valence-corrected chi connectivity index (χ0v) is 18.4. The fraction of sp³-hybridized carbons (Fsp3) is 0. The fourth-order valence-corrected chi connectivity index (χ4v) is 5.05. The molecule has 0 spiro atoms. The predicted molar refractivity (Wildman–Crippen MR) is 142 cm³/mol. The highest BCUT2D eigenvalue weighted by Crippen LogP contribution is 2.40. The maximum atomic E-state index is 4.45. The van der Waals surface area contributed by atoms with Crippen LogP contribution in [0.4, 0.5) is 11.4 Å².